The molecule has 1 saturated heterocycles. The van der Waals surface area contributed by atoms with Crippen molar-refractivity contribution in [2.45, 2.75) is 18.8 Å². The Bertz CT molecular complexity index is 1130. The number of hydrogen-bond acceptors (Lipinski definition) is 5. The molecule has 1 fully saturated rings. The van der Waals surface area contributed by atoms with Crippen LogP contribution in [0.1, 0.15) is 6.42 Å². The van der Waals surface area contributed by atoms with Gasteiger partial charge in [-0.15, -0.1) is 0 Å². The van der Waals surface area contributed by atoms with Crippen LogP contribution in [0.5, 0.6) is 0 Å². The highest BCUT2D eigenvalue weighted by molar-refractivity contribution is 7.89. The van der Waals surface area contributed by atoms with E-state index in [2.05, 4.69) is 15.0 Å². The summed E-state index contributed by atoms with van der Waals surface area (Å²) >= 11 is 0. The first-order valence-electron chi connectivity index (χ1n) is 8.87. The number of alkyl halides is 4. The van der Waals surface area contributed by atoms with Gasteiger partial charge in [-0.2, -0.15) is 17.5 Å². The second kappa shape index (κ2) is 7.13. The Balaban J connectivity index is 1.59. The van der Waals surface area contributed by atoms with Crippen LogP contribution in [-0.4, -0.2) is 76.4 Å². The maximum atomic E-state index is 14.6. The predicted octanol–water partition coefficient (Wildman–Crippen LogP) is 1.95. The second-order valence-electron chi connectivity index (χ2n) is 6.87. The van der Waals surface area contributed by atoms with Gasteiger partial charge in [0.15, 0.2) is 5.65 Å². The van der Waals surface area contributed by atoms with Gasteiger partial charge >= 0.3 is 6.18 Å². The molecule has 0 radical (unpaired) electrons. The molecular formula is C16H18F4N6O2S. The molecule has 4 rings (SSSR count). The molecule has 13 heteroatoms. The van der Waals surface area contributed by atoms with E-state index >= 15 is 0 Å². The molecule has 29 heavy (non-hydrogen) atoms. The number of nitrogens with one attached hydrogen (secondary N) is 1. The molecular weight excluding hydrogens is 416 g/mol. The molecule has 1 atom stereocenters. The summed E-state index contributed by atoms with van der Waals surface area (Å²) in [6.07, 6.45) is -2.75. The van der Waals surface area contributed by atoms with Crippen LogP contribution in [-0.2, 0) is 10.0 Å². The first kappa shape index (κ1) is 19.9. The standard InChI is InChI=1S/C16H18F4N6O2S/c17-11-9-24(4-5-25(10-11)29(27,28)6-2-16(18,19)20)15-23-8-12-7-22-14-13(26(12)15)1-3-21-14/h1,3,7-8,11,21H,2,4-6,9-10H2. The Kier molecular flexibility index (Phi) is 4.89. The van der Waals surface area contributed by atoms with E-state index in [9.17, 15) is 26.0 Å². The zero-order valence-electron chi connectivity index (χ0n) is 15.1. The summed E-state index contributed by atoms with van der Waals surface area (Å²) in [6.45, 7) is -0.643. The topological polar surface area (TPSA) is 86.6 Å². The normalized spacial score (nSPS) is 19.9. The number of nitrogens with zero attached hydrogens (tertiary/aromatic N) is 5. The summed E-state index contributed by atoms with van der Waals surface area (Å²) in [5.74, 6) is -0.672. The maximum absolute atomic E-state index is 14.6. The van der Waals surface area contributed by atoms with Crippen LogP contribution in [0.2, 0.25) is 0 Å². The van der Waals surface area contributed by atoms with Gasteiger partial charge in [0.1, 0.15) is 6.17 Å². The zero-order valence-corrected chi connectivity index (χ0v) is 15.9. The first-order valence-corrected chi connectivity index (χ1v) is 10.5. The molecule has 0 aliphatic carbocycles. The molecule has 0 bridgehead atoms. The van der Waals surface area contributed by atoms with Gasteiger partial charge in [-0.3, -0.25) is 4.40 Å². The van der Waals surface area contributed by atoms with Gasteiger partial charge in [0, 0.05) is 25.8 Å². The van der Waals surface area contributed by atoms with E-state index in [1.165, 1.54) is 0 Å². The van der Waals surface area contributed by atoms with Crippen molar-refractivity contribution in [3.63, 3.8) is 0 Å². The third kappa shape index (κ3) is 4.01. The molecule has 158 valence electrons. The minimum Gasteiger partial charge on any atom is -0.345 e. The lowest BCUT2D eigenvalue weighted by atomic mass is 10.3. The highest BCUT2D eigenvalue weighted by atomic mass is 32.2. The summed E-state index contributed by atoms with van der Waals surface area (Å²) in [5.41, 5.74) is 2.02. The number of sulfonamides is 1. The quantitative estimate of drug-likeness (QED) is 0.635. The number of aromatic amines is 1. The average molecular weight is 434 g/mol. The summed E-state index contributed by atoms with van der Waals surface area (Å²) < 4.78 is 79.0. The van der Waals surface area contributed by atoms with E-state index in [1.807, 2.05) is 0 Å². The smallest absolute Gasteiger partial charge is 0.345 e. The fraction of sp³-hybridized carbons (Fsp3) is 0.500. The maximum Gasteiger partial charge on any atom is 0.390 e. The van der Waals surface area contributed by atoms with Crippen LogP contribution < -0.4 is 4.90 Å². The van der Waals surface area contributed by atoms with Gasteiger partial charge < -0.3 is 9.88 Å². The van der Waals surface area contributed by atoms with E-state index in [4.69, 9.17) is 0 Å². The largest absolute Gasteiger partial charge is 0.390 e. The van der Waals surface area contributed by atoms with Crippen molar-refractivity contribution in [2.24, 2.45) is 0 Å². The molecule has 0 spiro atoms. The van der Waals surface area contributed by atoms with E-state index in [1.54, 1.807) is 34.0 Å². The van der Waals surface area contributed by atoms with Crippen molar-refractivity contribution in [1.82, 2.24) is 23.7 Å². The SMILES string of the molecule is O=S(=O)(CCC(F)(F)F)N1CCN(c2ncc3cnc4[nH]ccc4n23)CC(F)C1. The number of halogens is 4. The third-order valence-electron chi connectivity index (χ3n) is 4.80. The first-order chi connectivity index (χ1) is 13.6. The fourth-order valence-corrected chi connectivity index (χ4v) is 4.92. The van der Waals surface area contributed by atoms with Crippen LogP contribution in [0.25, 0.3) is 16.7 Å². The Morgan fingerprint density at radius 2 is 1.93 bits per heavy atom. The number of imidazole rings is 1. The highest BCUT2D eigenvalue weighted by Gasteiger charge is 2.35. The van der Waals surface area contributed by atoms with Crippen LogP contribution >= 0.6 is 0 Å². The lowest BCUT2D eigenvalue weighted by molar-refractivity contribution is -0.130. The van der Waals surface area contributed by atoms with Gasteiger partial charge in [0.05, 0.1) is 42.1 Å². The fourth-order valence-electron chi connectivity index (χ4n) is 3.42. The monoisotopic (exact) mass is 434 g/mol. The number of fused-ring (bicyclic) bond motifs is 3. The molecule has 1 aliphatic rings. The van der Waals surface area contributed by atoms with Gasteiger partial charge in [-0.25, -0.2) is 22.8 Å². The Morgan fingerprint density at radius 1 is 1.17 bits per heavy atom. The molecule has 0 amide bonds. The van der Waals surface area contributed by atoms with Crippen LogP contribution in [0.3, 0.4) is 0 Å². The van der Waals surface area contributed by atoms with Crippen LogP contribution in [0, 0.1) is 0 Å². The van der Waals surface area contributed by atoms with Crippen molar-refractivity contribution in [3.8, 4) is 0 Å². The number of aromatic nitrogens is 4. The molecule has 3 aromatic rings. The van der Waals surface area contributed by atoms with Gasteiger partial charge in [-0.1, -0.05) is 0 Å². The number of rotatable bonds is 4. The third-order valence-corrected chi connectivity index (χ3v) is 6.64. The average Bonchev–Trinajstić information content (AvgIpc) is 3.23. The van der Waals surface area contributed by atoms with Gasteiger partial charge in [0.25, 0.3) is 0 Å². The zero-order chi connectivity index (χ0) is 20.8. The van der Waals surface area contributed by atoms with Crippen molar-refractivity contribution in [2.75, 3.05) is 36.8 Å². The summed E-state index contributed by atoms with van der Waals surface area (Å²) in [7, 11) is -4.23. The summed E-state index contributed by atoms with van der Waals surface area (Å²) in [5, 5.41) is 0. The molecule has 1 N–H and O–H groups in total. The Hall–Kier alpha value is -2.41. The molecule has 8 nitrogen and oxygen atoms in total. The molecule has 0 aromatic carbocycles. The van der Waals surface area contributed by atoms with E-state index < -0.39 is 41.1 Å². The molecule has 0 saturated carbocycles. The Morgan fingerprint density at radius 3 is 2.69 bits per heavy atom. The summed E-state index contributed by atoms with van der Waals surface area (Å²) in [6, 6.07) is 1.79. The van der Waals surface area contributed by atoms with Crippen molar-refractivity contribution < 1.29 is 26.0 Å². The van der Waals surface area contributed by atoms with E-state index in [-0.39, 0.29) is 19.6 Å². The molecule has 1 unspecified atom stereocenters. The van der Waals surface area contributed by atoms with Crippen LogP contribution in [0.4, 0.5) is 23.5 Å². The van der Waals surface area contributed by atoms with Crippen molar-refractivity contribution in [3.05, 3.63) is 24.7 Å². The molecule has 3 aromatic heterocycles. The van der Waals surface area contributed by atoms with E-state index in [0.717, 1.165) is 9.82 Å². The second-order valence-corrected chi connectivity index (χ2v) is 8.96. The summed E-state index contributed by atoms with van der Waals surface area (Å²) in [4.78, 5) is 13.2. The number of hydrogen-bond donors (Lipinski definition) is 1. The van der Waals surface area contributed by atoms with Gasteiger partial charge in [-0.05, 0) is 6.07 Å². The van der Waals surface area contributed by atoms with Crippen LogP contribution in [0.15, 0.2) is 24.7 Å². The van der Waals surface area contributed by atoms with Crippen molar-refractivity contribution >= 4 is 32.7 Å². The number of anilines is 1. The highest BCUT2D eigenvalue weighted by Crippen LogP contribution is 2.25. The lowest BCUT2D eigenvalue weighted by Gasteiger charge is -2.22. The number of H-pyrrole nitrogens is 1. The molecule has 4 heterocycles. The van der Waals surface area contributed by atoms with Crippen molar-refractivity contribution in [1.29, 1.82) is 0 Å². The minimum atomic E-state index is -4.59. The lowest BCUT2D eigenvalue weighted by Crippen LogP contribution is -2.39. The minimum absolute atomic E-state index is 0.0963. The van der Waals surface area contributed by atoms with E-state index in [0.29, 0.717) is 17.1 Å². The predicted molar refractivity (Wildman–Crippen MR) is 98.0 cm³/mol. The Labute approximate surface area is 163 Å². The molecule has 1 aliphatic heterocycles. The van der Waals surface area contributed by atoms with Gasteiger partial charge in [0.2, 0.25) is 16.0 Å².